The minimum Gasteiger partial charge on any atom is -0.268 e. The van der Waals surface area contributed by atoms with Gasteiger partial charge in [0.15, 0.2) is 0 Å². The molecule has 1 aliphatic rings. The Morgan fingerprint density at radius 2 is 1.60 bits per heavy atom. The molecule has 0 unspecified atom stereocenters. The Bertz CT molecular complexity index is 899. The van der Waals surface area contributed by atoms with Crippen LogP contribution in [0.2, 0.25) is 0 Å². The number of carbonyl (C=O) groups excluding carboxylic acids is 2. The highest BCUT2D eigenvalue weighted by Gasteiger charge is 2.40. The largest absolute Gasteiger partial charge is 0.272 e. The first-order valence-corrected chi connectivity index (χ1v) is 9.33. The molecule has 0 saturated heterocycles. The molecular weight excluding hydrogens is 330 g/mol. The number of anilines is 1. The lowest BCUT2D eigenvalue weighted by atomic mass is 10.0. The van der Waals surface area contributed by atoms with Crippen molar-refractivity contribution in [3.63, 3.8) is 0 Å². The zero-order chi connectivity index (χ0) is 18.1. The number of imide groups is 1. The van der Waals surface area contributed by atoms with E-state index >= 15 is 0 Å². The molecule has 0 N–H and O–H groups in total. The normalized spacial score (nSPS) is 14.6. The van der Waals surface area contributed by atoms with Crippen LogP contribution >= 0.6 is 11.8 Å². The number of hydrogen-bond acceptors (Lipinski definition) is 3. The Morgan fingerprint density at radius 1 is 0.880 bits per heavy atom. The second-order valence-corrected chi connectivity index (χ2v) is 7.44. The molecule has 0 aromatic heterocycles. The third-order valence-electron chi connectivity index (χ3n) is 4.48. The summed E-state index contributed by atoms with van der Waals surface area (Å²) in [4.78, 5) is 28.1. The molecule has 1 heterocycles. The van der Waals surface area contributed by atoms with E-state index in [-0.39, 0.29) is 11.8 Å². The van der Waals surface area contributed by atoms with Crippen LogP contribution < -0.4 is 4.90 Å². The highest BCUT2D eigenvalue weighted by atomic mass is 32.2. The molecule has 0 bridgehead atoms. The lowest BCUT2D eigenvalue weighted by Crippen LogP contribution is -2.31. The van der Waals surface area contributed by atoms with Gasteiger partial charge in [0.1, 0.15) is 0 Å². The first kappa shape index (κ1) is 17.5. The Kier molecular flexibility index (Phi) is 4.82. The van der Waals surface area contributed by atoms with Gasteiger partial charge in [-0.25, -0.2) is 4.90 Å². The van der Waals surface area contributed by atoms with Gasteiger partial charge in [-0.2, -0.15) is 0 Å². The number of thioether (sulfide) groups is 1. The van der Waals surface area contributed by atoms with Gasteiger partial charge in [-0.3, -0.25) is 9.59 Å². The smallest absolute Gasteiger partial charge is 0.268 e. The molecule has 4 heteroatoms. The fraction of sp³-hybridized carbons (Fsp3) is 0.238. The highest BCUT2D eigenvalue weighted by Crippen LogP contribution is 2.39. The summed E-state index contributed by atoms with van der Waals surface area (Å²) < 4.78 is 0. The minimum absolute atomic E-state index is 0.223. The molecule has 3 nitrogen and oxygen atoms in total. The van der Waals surface area contributed by atoms with Crippen LogP contribution in [0.3, 0.4) is 0 Å². The molecule has 0 fully saturated rings. The fourth-order valence-electron chi connectivity index (χ4n) is 2.97. The summed E-state index contributed by atoms with van der Waals surface area (Å²) in [5.74, 6) is 0.280. The van der Waals surface area contributed by atoms with E-state index in [2.05, 4.69) is 0 Å². The molecule has 0 spiro atoms. The molecule has 128 valence electrons. The summed E-state index contributed by atoms with van der Waals surface area (Å²) in [6.45, 7) is 7.96. The lowest BCUT2D eigenvalue weighted by Gasteiger charge is -2.17. The number of hydrogen-bond donors (Lipinski definition) is 0. The quantitative estimate of drug-likeness (QED) is 0.753. The van der Waals surface area contributed by atoms with Crippen LogP contribution in [0.25, 0.3) is 5.57 Å². The van der Waals surface area contributed by atoms with Crippen molar-refractivity contribution in [1.82, 2.24) is 0 Å². The summed E-state index contributed by atoms with van der Waals surface area (Å²) >= 11 is 1.44. The number of nitrogens with zero attached hydrogens (tertiary/aromatic N) is 1. The summed E-state index contributed by atoms with van der Waals surface area (Å²) in [7, 11) is 0. The van der Waals surface area contributed by atoms with Crippen LogP contribution in [-0.4, -0.2) is 17.6 Å². The van der Waals surface area contributed by atoms with Crippen molar-refractivity contribution in [1.29, 1.82) is 0 Å². The fourth-order valence-corrected chi connectivity index (χ4v) is 3.83. The van der Waals surface area contributed by atoms with Crippen LogP contribution in [0.5, 0.6) is 0 Å². The van der Waals surface area contributed by atoms with Gasteiger partial charge in [-0.05, 0) is 54.8 Å². The molecule has 25 heavy (non-hydrogen) atoms. The maximum atomic E-state index is 13.2. The molecule has 0 radical (unpaired) electrons. The second-order valence-electron chi connectivity index (χ2n) is 6.17. The lowest BCUT2D eigenvalue weighted by molar-refractivity contribution is -0.119. The maximum absolute atomic E-state index is 13.2. The van der Waals surface area contributed by atoms with E-state index < -0.39 is 0 Å². The van der Waals surface area contributed by atoms with Gasteiger partial charge >= 0.3 is 0 Å². The highest BCUT2D eigenvalue weighted by molar-refractivity contribution is 8.04. The number of carbonyl (C=O) groups is 2. The summed E-state index contributed by atoms with van der Waals surface area (Å²) in [5.41, 5.74) is 5.18. The standard InChI is InChI=1S/C21H21NO2S/c1-5-25-19-18(16-11-10-13(2)15(4)12-16)20(23)22(21(19)24)17-9-7-6-8-14(17)3/h6-12H,5H2,1-4H3. The van der Waals surface area contributed by atoms with Gasteiger partial charge < -0.3 is 0 Å². The first-order valence-electron chi connectivity index (χ1n) is 8.34. The van der Waals surface area contributed by atoms with Gasteiger partial charge in [0.25, 0.3) is 11.8 Å². The Morgan fingerprint density at radius 3 is 2.24 bits per heavy atom. The van der Waals surface area contributed by atoms with E-state index in [1.807, 2.05) is 70.2 Å². The Balaban J connectivity index is 2.14. The molecule has 1 aliphatic heterocycles. The summed E-state index contributed by atoms with van der Waals surface area (Å²) in [6.07, 6.45) is 0. The number of rotatable bonds is 4. The van der Waals surface area contributed by atoms with Gasteiger partial charge in [-0.1, -0.05) is 43.3 Å². The predicted molar refractivity (Wildman–Crippen MR) is 105 cm³/mol. The zero-order valence-corrected chi connectivity index (χ0v) is 15.7. The molecule has 0 saturated carbocycles. The molecule has 2 aromatic rings. The molecular formula is C21H21NO2S. The number of aryl methyl sites for hydroxylation is 3. The molecule has 3 rings (SSSR count). The maximum Gasteiger partial charge on any atom is 0.272 e. The van der Waals surface area contributed by atoms with E-state index in [1.165, 1.54) is 22.2 Å². The van der Waals surface area contributed by atoms with Crippen LogP contribution in [0.1, 0.15) is 29.2 Å². The SMILES string of the molecule is CCSC1=C(c2ccc(C)c(C)c2)C(=O)N(c2ccccc2C)C1=O. The van der Waals surface area contributed by atoms with Crippen molar-refractivity contribution < 1.29 is 9.59 Å². The average molecular weight is 351 g/mol. The van der Waals surface area contributed by atoms with E-state index in [9.17, 15) is 9.59 Å². The van der Waals surface area contributed by atoms with Crippen LogP contribution in [0, 0.1) is 20.8 Å². The van der Waals surface area contributed by atoms with Gasteiger partial charge in [-0.15, -0.1) is 11.8 Å². The van der Waals surface area contributed by atoms with Gasteiger partial charge in [0.2, 0.25) is 0 Å². The van der Waals surface area contributed by atoms with Crippen molar-refractivity contribution in [3.05, 3.63) is 69.6 Å². The molecule has 2 aromatic carbocycles. The number of benzene rings is 2. The number of para-hydroxylation sites is 1. The topological polar surface area (TPSA) is 37.4 Å². The Labute approximate surface area is 152 Å². The van der Waals surface area contributed by atoms with Gasteiger partial charge in [0.05, 0.1) is 16.2 Å². The third-order valence-corrected chi connectivity index (χ3v) is 5.44. The van der Waals surface area contributed by atoms with Crippen LogP contribution in [-0.2, 0) is 9.59 Å². The third kappa shape index (κ3) is 3.02. The monoisotopic (exact) mass is 351 g/mol. The zero-order valence-electron chi connectivity index (χ0n) is 14.9. The Hall–Kier alpha value is -2.33. The first-order chi connectivity index (χ1) is 12.0. The van der Waals surface area contributed by atoms with E-state index in [0.717, 1.165) is 22.4 Å². The average Bonchev–Trinajstić information content (AvgIpc) is 2.82. The van der Waals surface area contributed by atoms with E-state index in [0.29, 0.717) is 16.2 Å². The second kappa shape index (κ2) is 6.89. The van der Waals surface area contributed by atoms with Crippen molar-refractivity contribution in [2.24, 2.45) is 0 Å². The van der Waals surface area contributed by atoms with Crippen molar-refractivity contribution >= 4 is 34.8 Å². The van der Waals surface area contributed by atoms with Crippen molar-refractivity contribution in [3.8, 4) is 0 Å². The predicted octanol–water partition coefficient (Wildman–Crippen LogP) is 4.65. The minimum atomic E-state index is -0.237. The van der Waals surface area contributed by atoms with E-state index in [1.54, 1.807) is 0 Å². The molecule has 0 atom stereocenters. The molecule has 2 amide bonds. The van der Waals surface area contributed by atoms with Crippen LogP contribution in [0.4, 0.5) is 5.69 Å². The van der Waals surface area contributed by atoms with Crippen molar-refractivity contribution in [2.75, 3.05) is 10.7 Å². The number of amides is 2. The van der Waals surface area contributed by atoms with E-state index in [4.69, 9.17) is 0 Å². The summed E-state index contributed by atoms with van der Waals surface area (Å²) in [6, 6.07) is 13.4. The molecule has 0 aliphatic carbocycles. The van der Waals surface area contributed by atoms with Crippen molar-refractivity contribution in [2.45, 2.75) is 27.7 Å². The van der Waals surface area contributed by atoms with Crippen LogP contribution in [0.15, 0.2) is 47.4 Å². The summed E-state index contributed by atoms with van der Waals surface area (Å²) in [5, 5.41) is 0. The van der Waals surface area contributed by atoms with Gasteiger partial charge in [0, 0.05) is 0 Å².